The van der Waals surface area contributed by atoms with Gasteiger partial charge in [0.15, 0.2) is 0 Å². The summed E-state index contributed by atoms with van der Waals surface area (Å²) in [7, 11) is 1.57. The number of esters is 1. The number of fused-ring (bicyclic) bond motifs is 5. The number of ether oxygens (including phenoxy) is 1. The number of carbonyl (C=O) groups is 1. The van der Waals surface area contributed by atoms with Gasteiger partial charge in [0.2, 0.25) is 0 Å². The van der Waals surface area contributed by atoms with Crippen molar-refractivity contribution in [1.29, 1.82) is 0 Å². The van der Waals surface area contributed by atoms with E-state index in [1.54, 1.807) is 7.11 Å². The maximum Gasteiger partial charge on any atom is 0.309 e. The molecule has 0 saturated heterocycles. The highest BCUT2D eigenvalue weighted by molar-refractivity contribution is 5.74. The fraction of sp³-hybridized carbons (Fsp3) is 0.963. The van der Waals surface area contributed by atoms with Crippen LogP contribution in [0.4, 0.5) is 0 Å². The summed E-state index contributed by atoms with van der Waals surface area (Å²) in [5, 5.41) is 14.7. The third kappa shape index (κ3) is 3.59. The Morgan fingerprint density at radius 2 is 1.74 bits per heavy atom. The average molecular weight is 432 g/mol. The summed E-state index contributed by atoms with van der Waals surface area (Å²) in [5.41, 5.74) is 0.400. The molecule has 0 spiro atoms. The number of nitrogens with one attached hydrogen (secondary N) is 1. The molecule has 5 rings (SSSR count). The van der Waals surface area contributed by atoms with Crippen molar-refractivity contribution >= 4 is 5.97 Å². The zero-order chi connectivity index (χ0) is 21.8. The van der Waals surface area contributed by atoms with Gasteiger partial charge in [0.25, 0.3) is 0 Å². The fourth-order valence-electron chi connectivity index (χ4n) is 9.68. The summed E-state index contributed by atoms with van der Waals surface area (Å²) in [4.78, 5) is 12.8. The monoisotopic (exact) mass is 431 g/mol. The van der Waals surface area contributed by atoms with Gasteiger partial charge in [0.1, 0.15) is 0 Å². The van der Waals surface area contributed by atoms with Crippen molar-refractivity contribution in [1.82, 2.24) is 5.32 Å². The van der Waals surface area contributed by atoms with Crippen molar-refractivity contribution in [2.75, 3.05) is 7.11 Å². The molecular weight excluding hydrogens is 386 g/mol. The Morgan fingerprint density at radius 1 is 0.968 bits per heavy atom. The van der Waals surface area contributed by atoms with Crippen molar-refractivity contribution in [3.05, 3.63) is 0 Å². The molecule has 176 valence electrons. The first kappa shape index (κ1) is 22.2. The second-order valence-electron chi connectivity index (χ2n) is 12.5. The molecule has 4 heteroatoms. The number of hydrogen-bond acceptors (Lipinski definition) is 4. The van der Waals surface area contributed by atoms with Gasteiger partial charge in [0.05, 0.1) is 19.1 Å². The Balaban J connectivity index is 1.48. The van der Waals surface area contributed by atoms with Crippen molar-refractivity contribution in [2.24, 2.45) is 40.4 Å². The summed E-state index contributed by atoms with van der Waals surface area (Å²) in [5.74, 6) is 2.81. The van der Waals surface area contributed by atoms with Crippen LogP contribution < -0.4 is 5.32 Å². The van der Waals surface area contributed by atoms with Gasteiger partial charge in [-0.2, -0.15) is 0 Å². The molecule has 0 unspecified atom stereocenters. The lowest BCUT2D eigenvalue weighted by Crippen LogP contribution is -2.63. The minimum absolute atomic E-state index is 0.0283. The Kier molecular flexibility index (Phi) is 5.95. The van der Waals surface area contributed by atoms with Gasteiger partial charge in [-0.25, -0.2) is 0 Å². The van der Waals surface area contributed by atoms with Crippen molar-refractivity contribution in [2.45, 2.75) is 116 Å². The van der Waals surface area contributed by atoms with Gasteiger partial charge in [-0.05, 0) is 98.7 Å². The molecule has 5 saturated carbocycles. The highest BCUT2D eigenvalue weighted by atomic mass is 16.5. The lowest BCUT2D eigenvalue weighted by Gasteiger charge is -2.63. The van der Waals surface area contributed by atoms with E-state index in [1.807, 2.05) is 0 Å². The molecule has 0 radical (unpaired) electrons. The Labute approximate surface area is 189 Å². The number of aliphatic hydroxyl groups is 1. The summed E-state index contributed by atoms with van der Waals surface area (Å²) < 4.78 is 5.30. The lowest BCUT2D eigenvalue weighted by atomic mass is 9.43. The van der Waals surface area contributed by atoms with E-state index in [0.717, 1.165) is 25.7 Å². The molecule has 5 aliphatic carbocycles. The van der Waals surface area contributed by atoms with Crippen molar-refractivity contribution in [3.8, 4) is 0 Å². The summed E-state index contributed by atoms with van der Waals surface area (Å²) >= 11 is 0. The maximum atomic E-state index is 12.8. The normalized spacial score (nSPS) is 50.3. The Bertz CT molecular complexity index is 675. The SMILES string of the molecule is COC(=O)[C@H]1CC[C@H]2[C@@H]3CC[C@H]4C[C@H](O)CC[C@]4(C)[C@H]3[C@H](NC3CCCCC3)C[C@]12C. The largest absolute Gasteiger partial charge is 0.469 e. The van der Waals surface area contributed by atoms with Gasteiger partial charge in [-0.15, -0.1) is 0 Å². The summed E-state index contributed by atoms with van der Waals surface area (Å²) in [6.45, 7) is 5.00. The van der Waals surface area contributed by atoms with Crippen LogP contribution in [-0.2, 0) is 9.53 Å². The molecule has 0 aromatic heterocycles. The molecule has 5 aliphatic rings. The first-order valence-corrected chi connectivity index (χ1v) is 13.4. The number of hydrogen-bond donors (Lipinski definition) is 2. The molecule has 2 N–H and O–H groups in total. The number of aliphatic hydroxyl groups excluding tert-OH is 1. The zero-order valence-electron chi connectivity index (χ0n) is 20.1. The van der Waals surface area contributed by atoms with Crippen LogP contribution in [0.1, 0.15) is 97.3 Å². The quantitative estimate of drug-likeness (QED) is 0.612. The van der Waals surface area contributed by atoms with Crippen LogP contribution >= 0.6 is 0 Å². The lowest BCUT2D eigenvalue weighted by molar-refractivity contribution is -0.162. The molecule has 0 aliphatic heterocycles. The van der Waals surface area contributed by atoms with Gasteiger partial charge in [0, 0.05) is 12.1 Å². The van der Waals surface area contributed by atoms with E-state index >= 15 is 0 Å². The average Bonchev–Trinajstić information content (AvgIpc) is 3.11. The number of methoxy groups -OCH3 is 1. The van der Waals surface area contributed by atoms with E-state index in [4.69, 9.17) is 4.74 Å². The van der Waals surface area contributed by atoms with E-state index in [2.05, 4.69) is 19.2 Å². The van der Waals surface area contributed by atoms with Crippen LogP contribution in [0.2, 0.25) is 0 Å². The first-order chi connectivity index (χ1) is 14.9. The molecule has 5 fully saturated rings. The number of carbonyl (C=O) groups excluding carboxylic acids is 1. The molecule has 0 aromatic carbocycles. The van der Waals surface area contributed by atoms with Crippen molar-refractivity contribution in [3.63, 3.8) is 0 Å². The highest BCUT2D eigenvalue weighted by Gasteiger charge is 2.64. The topological polar surface area (TPSA) is 58.6 Å². The third-order valence-electron chi connectivity index (χ3n) is 11.1. The van der Waals surface area contributed by atoms with Crippen LogP contribution in [0.25, 0.3) is 0 Å². The predicted octanol–water partition coefficient (Wildman–Crippen LogP) is 5.08. The van der Waals surface area contributed by atoms with Crippen molar-refractivity contribution < 1.29 is 14.6 Å². The smallest absolute Gasteiger partial charge is 0.309 e. The molecule has 0 amide bonds. The number of rotatable bonds is 3. The molecule has 31 heavy (non-hydrogen) atoms. The second-order valence-corrected chi connectivity index (χ2v) is 12.5. The minimum Gasteiger partial charge on any atom is -0.469 e. The van der Waals surface area contributed by atoms with Gasteiger partial charge < -0.3 is 15.2 Å². The van der Waals surface area contributed by atoms with Crippen LogP contribution in [0.3, 0.4) is 0 Å². The molecular formula is C27H45NO3. The van der Waals surface area contributed by atoms with E-state index in [-0.39, 0.29) is 23.4 Å². The fourth-order valence-corrected chi connectivity index (χ4v) is 9.68. The van der Waals surface area contributed by atoms with Gasteiger partial charge >= 0.3 is 5.97 Å². The zero-order valence-corrected chi connectivity index (χ0v) is 20.1. The Hall–Kier alpha value is -0.610. The maximum absolute atomic E-state index is 12.8. The first-order valence-electron chi connectivity index (χ1n) is 13.4. The summed E-state index contributed by atoms with van der Waals surface area (Å²) in [6.07, 6.45) is 15.7. The van der Waals surface area contributed by atoms with Crippen LogP contribution in [0.5, 0.6) is 0 Å². The molecule has 0 aromatic rings. The molecule has 0 heterocycles. The molecule has 0 bridgehead atoms. The van der Waals surface area contributed by atoms with Crippen LogP contribution in [0, 0.1) is 40.4 Å². The van der Waals surface area contributed by atoms with E-state index in [9.17, 15) is 9.90 Å². The molecule has 9 atom stereocenters. The van der Waals surface area contributed by atoms with E-state index in [1.165, 1.54) is 57.8 Å². The van der Waals surface area contributed by atoms with Crippen LogP contribution in [0.15, 0.2) is 0 Å². The van der Waals surface area contributed by atoms with E-state index < -0.39 is 0 Å². The molecule has 4 nitrogen and oxygen atoms in total. The van der Waals surface area contributed by atoms with Gasteiger partial charge in [-0.3, -0.25) is 4.79 Å². The minimum atomic E-state index is -0.0941. The highest BCUT2D eigenvalue weighted by Crippen LogP contribution is 2.67. The van der Waals surface area contributed by atoms with E-state index in [0.29, 0.717) is 41.2 Å². The Morgan fingerprint density at radius 3 is 2.48 bits per heavy atom. The van der Waals surface area contributed by atoms with Crippen LogP contribution in [-0.4, -0.2) is 36.4 Å². The summed E-state index contributed by atoms with van der Waals surface area (Å²) in [6, 6.07) is 1.15. The van der Waals surface area contributed by atoms with Gasteiger partial charge in [-0.1, -0.05) is 33.1 Å². The predicted molar refractivity (Wildman–Crippen MR) is 122 cm³/mol. The standard InChI is InChI=1S/C27H45NO3/c1-26-14-13-19(29)15-17(26)9-10-20-21-11-12-22(25(30)31-3)27(21,2)16-23(24(20)26)28-18-7-5-4-6-8-18/h17-24,28-29H,4-16H2,1-3H3/t17-,19+,20-,21-,22+,23+,24+,26-,27-/m0/s1. The second kappa shape index (κ2) is 8.31. The third-order valence-corrected chi connectivity index (χ3v) is 11.1.